The van der Waals surface area contributed by atoms with Crippen LogP contribution in [0.5, 0.6) is 0 Å². The van der Waals surface area contributed by atoms with E-state index in [9.17, 15) is 0 Å². The predicted molar refractivity (Wildman–Crippen MR) is 90.6 cm³/mol. The predicted octanol–water partition coefficient (Wildman–Crippen LogP) is 4.27. The second kappa shape index (κ2) is 5.46. The van der Waals surface area contributed by atoms with Crippen LogP contribution >= 0.6 is 12.4 Å². The van der Waals surface area contributed by atoms with E-state index < -0.39 is 0 Å². The Hall–Kier alpha value is -2.52. The number of hydrogen-bond acceptors (Lipinski definition) is 3. The summed E-state index contributed by atoms with van der Waals surface area (Å²) < 4.78 is 0. The number of amidine groups is 1. The SMILES string of the molecule is Cl.c1ccc(NNC2=Nc3cccc4cccc2c34)cc1. The fourth-order valence-electron chi connectivity index (χ4n) is 2.54. The van der Waals surface area contributed by atoms with Gasteiger partial charge in [0.2, 0.25) is 0 Å². The van der Waals surface area contributed by atoms with Gasteiger partial charge in [-0.15, -0.1) is 12.4 Å². The third-order valence-electron chi connectivity index (χ3n) is 3.47. The van der Waals surface area contributed by atoms with Crippen molar-refractivity contribution < 1.29 is 0 Å². The molecule has 1 aliphatic heterocycles. The molecule has 3 nitrogen and oxygen atoms in total. The Kier molecular flexibility index (Phi) is 3.50. The summed E-state index contributed by atoms with van der Waals surface area (Å²) in [6.45, 7) is 0. The zero-order chi connectivity index (χ0) is 13.4. The van der Waals surface area contributed by atoms with Crippen molar-refractivity contribution in [3.05, 3.63) is 72.3 Å². The van der Waals surface area contributed by atoms with Crippen LogP contribution in [0.4, 0.5) is 11.4 Å². The number of nitrogens with zero attached hydrogens (tertiary/aromatic N) is 1. The van der Waals surface area contributed by atoms with Crippen molar-refractivity contribution in [2.24, 2.45) is 4.99 Å². The summed E-state index contributed by atoms with van der Waals surface area (Å²) in [6, 6.07) is 22.5. The number of anilines is 1. The molecular formula is C17H14ClN3. The highest BCUT2D eigenvalue weighted by atomic mass is 35.5. The minimum absolute atomic E-state index is 0. The summed E-state index contributed by atoms with van der Waals surface area (Å²) in [5, 5.41) is 2.44. The van der Waals surface area contributed by atoms with Gasteiger partial charge in [-0.1, -0.05) is 48.5 Å². The lowest BCUT2D eigenvalue weighted by Crippen LogP contribution is -2.29. The average molecular weight is 296 g/mol. The third kappa shape index (κ3) is 2.32. The Balaban J connectivity index is 0.00000132. The lowest BCUT2D eigenvalue weighted by atomic mass is 10.0. The fraction of sp³-hybridized carbons (Fsp3) is 0. The van der Waals surface area contributed by atoms with E-state index in [1.165, 1.54) is 10.8 Å². The first kappa shape index (κ1) is 13.5. The summed E-state index contributed by atoms with van der Waals surface area (Å²) in [5.41, 5.74) is 9.56. The Labute approximate surface area is 129 Å². The monoisotopic (exact) mass is 295 g/mol. The third-order valence-corrected chi connectivity index (χ3v) is 3.47. The van der Waals surface area contributed by atoms with E-state index in [1.807, 2.05) is 42.5 Å². The number of hydrogen-bond donors (Lipinski definition) is 2. The number of nitrogens with one attached hydrogen (secondary N) is 2. The molecule has 0 radical (unpaired) electrons. The molecule has 4 rings (SSSR count). The molecule has 21 heavy (non-hydrogen) atoms. The Morgan fingerprint density at radius 2 is 1.48 bits per heavy atom. The quantitative estimate of drug-likeness (QED) is 0.693. The molecule has 3 aromatic rings. The minimum Gasteiger partial charge on any atom is -0.300 e. The van der Waals surface area contributed by atoms with Crippen molar-refractivity contribution in [2.75, 3.05) is 5.43 Å². The Morgan fingerprint density at radius 1 is 0.714 bits per heavy atom. The number of halogens is 1. The molecule has 0 saturated heterocycles. The highest BCUT2D eigenvalue weighted by Gasteiger charge is 2.17. The first-order chi connectivity index (χ1) is 9.92. The summed E-state index contributed by atoms with van der Waals surface area (Å²) in [5.74, 6) is 0.862. The van der Waals surface area contributed by atoms with Crippen LogP contribution in [-0.2, 0) is 0 Å². The molecule has 0 aliphatic carbocycles. The van der Waals surface area contributed by atoms with Gasteiger partial charge in [0.15, 0.2) is 5.84 Å². The smallest absolute Gasteiger partial charge is 0.153 e. The van der Waals surface area contributed by atoms with Crippen LogP contribution in [-0.4, -0.2) is 5.84 Å². The van der Waals surface area contributed by atoms with Gasteiger partial charge in [0, 0.05) is 10.9 Å². The number of benzene rings is 3. The van der Waals surface area contributed by atoms with Crippen LogP contribution in [0.1, 0.15) is 5.56 Å². The zero-order valence-electron chi connectivity index (χ0n) is 11.2. The highest BCUT2D eigenvalue weighted by Crippen LogP contribution is 2.34. The van der Waals surface area contributed by atoms with E-state index in [2.05, 4.69) is 40.1 Å². The van der Waals surface area contributed by atoms with Gasteiger partial charge in [-0.2, -0.15) is 0 Å². The second-order valence-corrected chi connectivity index (χ2v) is 4.76. The molecule has 0 amide bonds. The maximum absolute atomic E-state index is 4.65. The number of hydrazine groups is 1. The number of aliphatic imine (C=N–C) groups is 1. The molecule has 0 bridgehead atoms. The van der Waals surface area contributed by atoms with Gasteiger partial charge in [0.05, 0.1) is 11.4 Å². The molecule has 104 valence electrons. The molecule has 0 spiro atoms. The molecule has 1 aliphatic rings. The van der Waals surface area contributed by atoms with Crippen molar-refractivity contribution in [1.29, 1.82) is 0 Å². The van der Waals surface area contributed by atoms with Gasteiger partial charge in [-0.3, -0.25) is 10.9 Å². The normalized spacial score (nSPS) is 11.7. The van der Waals surface area contributed by atoms with Gasteiger partial charge in [0.1, 0.15) is 0 Å². The van der Waals surface area contributed by atoms with Gasteiger partial charge in [0.25, 0.3) is 0 Å². The van der Waals surface area contributed by atoms with Crippen molar-refractivity contribution in [2.45, 2.75) is 0 Å². The molecule has 0 atom stereocenters. The Bertz CT molecular complexity index is 807. The topological polar surface area (TPSA) is 36.4 Å². The molecule has 0 fully saturated rings. The van der Waals surface area contributed by atoms with E-state index in [0.29, 0.717) is 0 Å². The van der Waals surface area contributed by atoms with E-state index in [4.69, 9.17) is 0 Å². The number of rotatable bonds is 2. The lowest BCUT2D eigenvalue weighted by molar-refractivity contribution is 1.12. The fourth-order valence-corrected chi connectivity index (χ4v) is 2.54. The van der Waals surface area contributed by atoms with Crippen LogP contribution in [0.25, 0.3) is 10.8 Å². The maximum atomic E-state index is 4.65. The zero-order valence-corrected chi connectivity index (χ0v) is 12.0. The Morgan fingerprint density at radius 3 is 2.29 bits per heavy atom. The van der Waals surface area contributed by atoms with E-state index in [-0.39, 0.29) is 12.4 Å². The first-order valence-electron chi connectivity index (χ1n) is 6.60. The average Bonchev–Trinajstić information content (AvgIpc) is 2.87. The summed E-state index contributed by atoms with van der Waals surface area (Å²) >= 11 is 0. The molecule has 2 N–H and O–H groups in total. The lowest BCUT2D eigenvalue weighted by Gasteiger charge is -2.10. The van der Waals surface area contributed by atoms with E-state index >= 15 is 0 Å². The van der Waals surface area contributed by atoms with E-state index in [0.717, 1.165) is 22.8 Å². The number of para-hydroxylation sites is 1. The largest absolute Gasteiger partial charge is 0.300 e. The maximum Gasteiger partial charge on any atom is 0.153 e. The standard InChI is InChI=1S/C17H13N3.ClH/c1-2-8-13(9-3-1)19-20-17-14-10-4-6-12-7-5-11-15(18-17)16(12)14;/h1-11,19H,(H,18,20);1H. The van der Waals surface area contributed by atoms with Crippen molar-refractivity contribution in [3.8, 4) is 0 Å². The van der Waals surface area contributed by atoms with Crippen LogP contribution in [0.3, 0.4) is 0 Å². The molecule has 0 aromatic heterocycles. The van der Waals surface area contributed by atoms with Crippen molar-refractivity contribution in [3.63, 3.8) is 0 Å². The van der Waals surface area contributed by atoms with E-state index in [1.54, 1.807) is 0 Å². The molecule has 3 aromatic carbocycles. The van der Waals surface area contributed by atoms with Crippen LogP contribution < -0.4 is 10.9 Å². The van der Waals surface area contributed by atoms with Gasteiger partial charge in [-0.05, 0) is 23.6 Å². The molecular weight excluding hydrogens is 282 g/mol. The first-order valence-corrected chi connectivity index (χ1v) is 6.60. The van der Waals surface area contributed by atoms with Crippen molar-refractivity contribution in [1.82, 2.24) is 5.43 Å². The van der Waals surface area contributed by atoms with Gasteiger partial charge < -0.3 is 0 Å². The summed E-state index contributed by atoms with van der Waals surface area (Å²) in [4.78, 5) is 4.65. The highest BCUT2D eigenvalue weighted by molar-refractivity contribution is 6.19. The van der Waals surface area contributed by atoms with Gasteiger partial charge >= 0.3 is 0 Å². The van der Waals surface area contributed by atoms with Crippen LogP contribution in [0.2, 0.25) is 0 Å². The van der Waals surface area contributed by atoms with Crippen LogP contribution in [0, 0.1) is 0 Å². The summed E-state index contributed by atoms with van der Waals surface area (Å²) in [7, 11) is 0. The molecule has 4 heteroatoms. The molecule has 0 unspecified atom stereocenters. The molecule has 0 saturated carbocycles. The summed E-state index contributed by atoms with van der Waals surface area (Å²) in [6.07, 6.45) is 0. The van der Waals surface area contributed by atoms with Crippen molar-refractivity contribution >= 4 is 40.4 Å². The molecule has 1 heterocycles. The minimum atomic E-state index is 0. The van der Waals surface area contributed by atoms with Gasteiger partial charge in [-0.25, -0.2) is 4.99 Å². The van der Waals surface area contributed by atoms with Crippen LogP contribution in [0.15, 0.2) is 71.7 Å². The second-order valence-electron chi connectivity index (χ2n) is 4.76.